The Morgan fingerprint density at radius 2 is 2.07 bits per heavy atom. The molecule has 2 aromatic rings. The van der Waals surface area contributed by atoms with E-state index in [1.165, 1.54) is 17.8 Å². The first-order valence-electron chi connectivity index (χ1n) is 9.74. The number of phenolic OH excluding ortho intramolecular Hbond substituents is 1. The van der Waals surface area contributed by atoms with Gasteiger partial charge in [0, 0.05) is 25.1 Å². The molecule has 152 valence electrons. The van der Waals surface area contributed by atoms with Gasteiger partial charge in [0.2, 0.25) is 11.8 Å². The predicted molar refractivity (Wildman–Crippen MR) is 111 cm³/mol. The molecule has 0 aromatic heterocycles. The molecular weight excluding hydrogens is 370 g/mol. The summed E-state index contributed by atoms with van der Waals surface area (Å²) in [6.45, 7) is 2.93. The Labute approximate surface area is 170 Å². The average molecular weight is 395 g/mol. The number of carbonyl (C=O) groups excluding carboxylic acids is 2. The number of aryl methyl sites for hydroxylation is 1. The lowest BCUT2D eigenvalue weighted by Gasteiger charge is -2.29. The summed E-state index contributed by atoms with van der Waals surface area (Å²) in [7, 11) is 0. The summed E-state index contributed by atoms with van der Waals surface area (Å²) in [6.07, 6.45) is 3.55. The van der Waals surface area contributed by atoms with Gasteiger partial charge in [0.15, 0.2) is 11.5 Å². The highest BCUT2D eigenvalue weighted by Gasteiger charge is 2.22. The molecule has 0 spiro atoms. The second-order valence-electron chi connectivity index (χ2n) is 6.73. The minimum atomic E-state index is -0.330. The van der Waals surface area contributed by atoms with Gasteiger partial charge in [-0.3, -0.25) is 9.59 Å². The molecule has 0 atom stereocenters. The number of rotatable bonds is 7. The monoisotopic (exact) mass is 395 g/mol. The number of amides is 2. The highest BCUT2D eigenvalue weighted by Crippen LogP contribution is 2.27. The molecule has 0 unspecified atom stereocenters. The van der Waals surface area contributed by atoms with E-state index in [0.717, 1.165) is 18.5 Å². The standard InChI is InChI=1S/C22H25N3O4/c1-2-29-20-14-16(9-10-19(20)26)15-23-24-21(27)11-12-22(28)25-13-5-7-17-6-3-4-8-18(17)25/h3-4,6,8-10,14-15,26H,2,5,7,11-13H2,1H3,(H,24,27)/b23-15+. The van der Waals surface area contributed by atoms with Crippen LogP contribution in [0.4, 0.5) is 5.69 Å². The molecule has 2 N–H and O–H groups in total. The molecule has 7 heteroatoms. The summed E-state index contributed by atoms with van der Waals surface area (Å²) in [6, 6.07) is 12.7. The normalized spacial score (nSPS) is 13.2. The topological polar surface area (TPSA) is 91.2 Å². The number of hydrazone groups is 1. The number of carbonyl (C=O) groups is 2. The van der Waals surface area contributed by atoms with Gasteiger partial charge in [0.05, 0.1) is 12.8 Å². The van der Waals surface area contributed by atoms with Crippen LogP contribution in [0, 0.1) is 0 Å². The quantitative estimate of drug-likeness (QED) is 0.557. The first-order chi connectivity index (χ1) is 14.1. The summed E-state index contributed by atoms with van der Waals surface area (Å²) in [5.74, 6) is 0.0147. The van der Waals surface area contributed by atoms with Crippen LogP contribution < -0.4 is 15.1 Å². The molecule has 0 bridgehead atoms. The smallest absolute Gasteiger partial charge is 0.240 e. The third-order valence-electron chi connectivity index (χ3n) is 4.66. The van der Waals surface area contributed by atoms with Crippen molar-refractivity contribution in [3.05, 3.63) is 53.6 Å². The second-order valence-corrected chi connectivity index (χ2v) is 6.73. The number of para-hydroxylation sites is 1. The maximum absolute atomic E-state index is 12.6. The molecule has 0 radical (unpaired) electrons. The number of nitrogens with one attached hydrogen (secondary N) is 1. The summed E-state index contributed by atoms with van der Waals surface area (Å²) in [4.78, 5) is 26.4. The average Bonchev–Trinajstić information content (AvgIpc) is 2.74. The van der Waals surface area contributed by atoms with Gasteiger partial charge in [-0.15, -0.1) is 0 Å². The lowest BCUT2D eigenvalue weighted by molar-refractivity contribution is -0.125. The van der Waals surface area contributed by atoms with Crippen molar-refractivity contribution < 1.29 is 19.4 Å². The van der Waals surface area contributed by atoms with E-state index in [9.17, 15) is 14.7 Å². The Balaban J connectivity index is 1.50. The van der Waals surface area contributed by atoms with E-state index in [0.29, 0.717) is 24.5 Å². The van der Waals surface area contributed by atoms with E-state index in [2.05, 4.69) is 10.5 Å². The molecule has 1 aliphatic heterocycles. The zero-order valence-electron chi connectivity index (χ0n) is 16.4. The summed E-state index contributed by atoms with van der Waals surface area (Å²) in [5, 5.41) is 13.6. The molecule has 0 fully saturated rings. The van der Waals surface area contributed by atoms with Crippen LogP contribution in [0.1, 0.15) is 37.3 Å². The highest BCUT2D eigenvalue weighted by atomic mass is 16.5. The van der Waals surface area contributed by atoms with Crippen LogP contribution in [0.25, 0.3) is 0 Å². The highest BCUT2D eigenvalue weighted by molar-refractivity contribution is 5.96. The lowest BCUT2D eigenvalue weighted by atomic mass is 10.0. The minimum absolute atomic E-state index is 0.0471. The van der Waals surface area contributed by atoms with Crippen LogP contribution in [0.15, 0.2) is 47.6 Å². The number of hydrogen-bond donors (Lipinski definition) is 2. The molecule has 0 saturated heterocycles. The largest absolute Gasteiger partial charge is 0.504 e. The summed E-state index contributed by atoms with van der Waals surface area (Å²) in [5.41, 5.74) is 5.22. The number of ether oxygens (including phenoxy) is 1. The number of nitrogens with zero attached hydrogens (tertiary/aromatic N) is 2. The fraction of sp³-hybridized carbons (Fsp3) is 0.318. The number of phenols is 1. The van der Waals surface area contributed by atoms with E-state index in [4.69, 9.17) is 4.74 Å². The van der Waals surface area contributed by atoms with Gasteiger partial charge in [-0.2, -0.15) is 5.10 Å². The Morgan fingerprint density at radius 3 is 2.90 bits per heavy atom. The first-order valence-corrected chi connectivity index (χ1v) is 9.74. The van der Waals surface area contributed by atoms with Gasteiger partial charge >= 0.3 is 0 Å². The van der Waals surface area contributed by atoms with Gasteiger partial charge in [-0.25, -0.2) is 5.43 Å². The summed E-state index contributed by atoms with van der Waals surface area (Å²) < 4.78 is 5.31. The van der Waals surface area contributed by atoms with E-state index in [1.54, 1.807) is 17.0 Å². The van der Waals surface area contributed by atoms with Crippen molar-refractivity contribution in [1.29, 1.82) is 0 Å². The SMILES string of the molecule is CCOc1cc(/C=N/NC(=O)CCC(=O)N2CCCc3ccccc32)ccc1O. The Hall–Kier alpha value is -3.35. The van der Waals surface area contributed by atoms with Crippen molar-refractivity contribution >= 4 is 23.7 Å². The van der Waals surface area contributed by atoms with Gasteiger partial charge in [0.1, 0.15) is 0 Å². The molecule has 29 heavy (non-hydrogen) atoms. The molecule has 7 nitrogen and oxygen atoms in total. The van der Waals surface area contributed by atoms with Gasteiger partial charge in [0.25, 0.3) is 0 Å². The maximum atomic E-state index is 12.6. The Bertz CT molecular complexity index is 911. The molecule has 0 aliphatic carbocycles. The number of benzene rings is 2. The molecule has 3 rings (SSSR count). The van der Waals surface area contributed by atoms with E-state index < -0.39 is 0 Å². The molecule has 2 amide bonds. The zero-order valence-corrected chi connectivity index (χ0v) is 16.4. The lowest BCUT2D eigenvalue weighted by Crippen LogP contribution is -2.36. The van der Waals surface area contributed by atoms with Gasteiger partial charge in [-0.1, -0.05) is 18.2 Å². The van der Waals surface area contributed by atoms with Crippen LogP contribution in [0.2, 0.25) is 0 Å². The van der Waals surface area contributed by atoms with Crippen molar-refractivity contribution in [3.8, 4) is 11.5 Å². The molecule has 1 heterocycles. The second kappa shape index (κ2) is 9.73. The molecule has 0 saturated carbocycles. The van der Waals surface area contributed by atoms with Crippen molar-refractivity contribution in [2.45, 2.75) is 32.6 Å². The molecule has 1 aliphatic rings. The van der Waals surface area contributed by atoms with E-state index in [-0.39, 0.29) is 30.4 Å². The van der Waals surface area contributed by atoms with Crippen molar-refractivity contribution in [2.24, 2.45) is 5.10 Å². The van der Waals surface area contributed by atoms with Crippen LogP contribution in [0.5, 0.6) is 11.5 Å². The van der Waals surface area contributed by atoms with Crippen molar-refractivity contribution in [2.75, 3.05) is 18.1 Å². The van der Waals surface area contributed by atoms with Crippen molar-refractivity contribution in [1.82, 2.24) is 5.43 Å². The summed E-state index contributed by atoms with van der Waals surface area (Å²) >= 11 is 0. The number of aromatic hydroxyl groups is 1. The third-order valence-corrected chi connectivity index (χ3v) is 4.66. The van der Waals surface area contributed by atoms with E-state index in [1.807, 2.05) is 31.2 Å². The number of fused-ring (bicyclic) bond motifs is 1. The maximum Gasteiger partial charge on any atom is 0.240 e. The fourth-order valence-electron chi connectivity index (χ4n) is 3.26. The van der Waals surface area contributed by atoms with Crippen LogP contribution >= 0.6 is 0 Å². The van der Waals surface area contributed by atoms with Crippen LogP contribution in [-0.2, 0) is 16.0 Å². The fourth-order valence-corrected chi connectivity index (χ4v) is 3.26. The zero-order chi connectivity index (χ0) is 20.6. The third kappa shape index (κ3) is 5.34. The van der Waals surface area contributed by atoms with Crippen LogP contribution in [0.3, 0.4) is 0 Å². The predicted octanol–water partition coefficient (Wildman–Crippen LogP) is 3.00. The molecular formula is C22H25N3O4. The first kappa shape index (κ1) is 20.4. The Morgan fingerprint density at radius 1 is 1.24 bits per heavy atom. The van der Waals surface area contributed by atoms with E-state index >= 15 is 0 Å². The van der Waals surface area contributed by atoms with Crippen molar-refractivity contribution in [3.63, 3.8) is 0 Å². The molecule has 2 aromatic carbocycles. The van der Waals surface area contributed by atoms with Crippen LogP contribution in [-0.4, -0.2) is 36.3 Å². The number of hydrogen-bond acceptors (Lipinski definition) is 5. The number of anilines is 1. The minimum Gasteiger partial charge on any atom is -0.504 e. The van der Waals surface area contributed by atoms with Gasteiger partial charge in [-0.05, 0) is 55.2 Å². The Kier molecular flexibility index (Phi) is 6.84. The van der Waals surface area contributed by atoms with Gasteiger partial charge < -0.3 is 14.7 Å².